The molecule has 2 fully saturated rings. The number of hydrogen-bond donors (Lipinski definition) is 1. The maximum absolute atomic E-state index is 12.3. The number of hydrogen-bond acceptors (Lipinski definition) is 3. The van der Waals surface area contributed by atoms with Crippen LogP contribution in [0.5, 0.6) is 0 Å². The topological polar surface area (TPSA) is 35.6 Å². The van der Waals surface area contributed by atoms with Crippen molar-refractivity contribution in [2.45, 2.75) is 44.2 Å². The van der Waals surface area contributed by atoms with Crippen LogP contribution in [-0.2, 0) is 17.6 Å². The first-order valence-corrected chi connectivity index (χ1v) is 9.51. The first-order chi connectivity index (χ1) is 11.8. The Hall–Kier alpha value is -1.39. The van der Waals surface area contributed by atoms with E-state index in [1.807, 2.05) is 7.05 Å². The normalized spacial score (nSPS) is 28.0. The van der Waals surface area contributed by atoms with Gasteiger partial charge in [0.2, 0.25) is 5.91 Å². The van der Waals surface area contributed by atoms with E-state index in [0.29, 0.717) is 23.9 Å². The largest absolute Gasteiger partial charge is 0.338 e. The molecule has 2 heterocycles. The monoisotopic (exact) mass is 327 g/mol. The Kier molecular flexibility index (Phi) is 4.59. The molecule has 2 saturated heterocycles. The summed E-state index contributed by atoms with van der Waals surface area (Å²) in [5.74, 6) is 1.03. The number of carbonyl (C=O) groups is 1. The van der Waals surface area contributed by atoms with Crippen LogP contribution in [0.3, 0.4) is 0 Å². The zero-order valence-electron chi connectivity index (χ0n) is 14.7. The Morgan fingerprint density at radius 3 is 2.62 bits per heavy atom. The number of piperidine rings is 2. The van der Waals surface area contributed by atoms with Gasteiger partial charge in [0.05, 0.1) is 0 Å². The van der Waals surface area contributed by atoms with E-state index in [1.165, 1.54) is 19.4 Å². The van der Waals surface area contributed by atoms with Crippen molar-refractivity contribution in [1.82, 2.24) is 15.1 Å². The van der Waals surface area contributed by atoms with Crippen molar-refractivity contribution in [3.63, 3.8) is 0 Å². The van der Waals surface area contributed by atoms with Crippen LogP contribution in [0.15, 0.2) is 24.3 Å². The third kappa shape index (κ3) is 2.98. The van der Waals surface area contributed by atoms with Crippen molar-refractivity contribution in [3.8, 4) is 0 Å². The highest BCUT2D eigenvalue weighted by Crippen LogP contribution is 2.34. The van der Waals surface area contributed by atoms with E-state index in [0.717, 1.165) is 38.9 Å². The minimum Gasteiger partial charge on any atom is -0.338 e. The molecule has 1 aromatic carbocycles. The Balaban J connectivity index is 1.41. The first-order valence-electron chi connectivity index (χ1n) is 9.51. The summed E-state index contributed by atoms with van der Waals surface area (Å²) in [5, 5.41) is 3.19. The average molecular weight is 327 g/mol. The standard InChI is InChI=1S/C20H29N3O/c1-21-9-11-23-19-8-10-22(14-17(19)6-7-20(23)24)18-12-15-4-2-3-5-16(15)13-18/h2-5,17-19,21H,6-14H2,1H3/t17-,19+/m0/s1. The summed E-state index contributed by atoms with van der Waals surface area (Å²) in [6.45, 7) is 4.08. The number of nitrogens with one attached hydrogen (secondary N) is 1. The Morgan fingerprint density at radius 2 is 1.92 bits per heavy atom. The molecule has 0 unspecified atom stereocenters. The van der Waals surface area contributed by atoms with E-state index < -0.39 is 0 Å². The molecule has 0 saturated carbocycles. The molecule has 0 bridgehead atoms. The first kappa shape index (κ1) is 16.1. The lowest BCUT2D eigenvalue weighted by atomic mass is 9.83. The fourth-order valence-electron chi connectivity index (χ4n) is 5.03. The van der Waals surface area contributed by atoms with Crippen LogP contribution in [0.2, 0.25) is 0 Å². The molecule has 4 nitrogen and oxygen atoms in total. The van der Waals surface area contributed by atoms with E-state index in [-0.39, 0.29) is 0 Å². The lowest BCUT2D eigenvalue weighted by Gasteiger charge is -2.48. The molecule has 130 valence electrons. The van der Waals surface area contributed by atoms with Gasteiger partial charge in [-0.25, -0.2) is 0 Å². The SMILES string of the molecule is CNCCN1C(=O)CC[C@H]2CN(C3Cc4ccccc4C3)CC[C@H]21. The van der Waals surface area contributed by atoms with Crippen LogP contribution < -0.4 is 5.32 Å². The second kappa shape index (κ2) is 6.85. The number of likely N-dealkylation sites (N-methyl/N-ethyl adjacent to an activating group) is 1. The predicted octanol–water partition coefficient (Wildman–Crippen LogP) is 1.69. The van der Waals surface area contributed by atoms with Crippen molar-refractivity contribution < 1.29 is 4.79 Å². The Morgan fingerprint density at radius 1 is 1.17 bits per heavy atom. The van der Waals surface area contributed by atoms with E-state index >= 15 is 0 Å². The minimum absolute atomic E-state index is 0.369. The van der Waals surface area contributed by atoms with Crippen LogP contribution in [0.4, 0.5) is 0 Å². The molecular weight excluding hydrogens is 298 g/mol. The van der Waals surface area contributed by atoms with Gasteiger partial charge in [-0.2, -0.15) is 0 Å². The zero-order chi connectivity index (χ0) is 16.5. The molecule has 1 aromatic rings. The van der Waals surface area contributed by atoms with E-state index in [2.05, 4.69) is 39.4 Å². The summed E-state index contributed by atoms with van der Waals surface area (Å²) in [6.07, 6.45) is 5.37. The van der Waals surface area contributed by atoms with E-state index in [9.17, 15) is 4.79 Å². The maximum atomic E-state index is 12.3. The van der Waals surface area contributed by atoms with Crippen LogP contribution in [0.1, 0.15) is 30.4 Å². The van der Waals surface area contributed by atoms with Crippen LogP contribution in [-0.4, -0.2) is 61.0 Å². The molecular formula is C20H29N3O. The molecule has 0 radical (unpaired) electrons. The van der Waals surface area contributed by atoms with Gasteiger partial charge in [-0.1, -0.05) is 24.3 Å². The van der Waals surface area contributed by atoms with E-state index in [4.69, 9.17) is 0 Å². The van der Waals surface area contributed by atoms with Crippen LogP contribution in [0.25, 0.3) is 0 Å². The third-order valence-corrected chi connectivity index (χ3v) is 6.32. The summed E-state index contributed by atoms with van der Waals surface area (Å²) in [4.78, 5) is 17.2. The molecule has 4 heteroatoms. The fourth-order valence-corrected chi connectivity index (χ4v) is 5.03. The Bertz CT molecular complexity index is 577. The number of nitrogens with zero attached hydrogens (tertiary/aromatic N) is 2. The smallest absolute Gasteiger partial charge is 0.222 e. The van der Waals surface area contributed by atoms with Gasteiger partial charge in [0.1, 0.15) is 0 Å². The van der Waals surface area contributed by atoms with Gasteiger partial charge in [-0.15, -0.1) is 0 Å². The van der Waals surface area contributed by atoms with Gasteiger partial charge in [-0.05, 0) is 49.8 Å². The Labute approximate surface area is 145 Å². The van der Waals surface area contributed by atoms with Gasteiger partial charge < -0.3 is 10.2 Å². The zero-order valence-corrected chi connectivity index (χ0v) is 14.7. The summed E-state index contributed by atoms with van der Waals surface area (Å²) < 4.78 is 0. The lowest BCUT2D eigenvalue weighted by Crippen LogP contribution is -2.58. The van der Waals surface area contributed by atoms with Gasteiger partial charge in [0.15, 0.2) is 0 Å². The molecule has 4 rings (SSSR count). The minimum atomic E-state index is 0.369. The number of rotatable bonds is 4. The molecule has 0 spiro atoms. The molecule has 2 atom stereocenters. The number of fused-ring (bicyclic) bond motifs is 2. The fraction of sp³-hybridized carbons (Fsp3) is 0.650. The summed E-state index contributed by atoms with van der Waals surface area (Å²) >= 11 is 0. The number of amides is 1. The highest BCUT2D eigenvalue weighted by Gasteiger charge is 2.41. The van der Waals surface area contributed by atoms with Crippen molar-refractivity contribution in [1.29, 1.82) is 0 Å². The second-order valence-corrected chi connectivity index (χ2v) is 7.67. The quantitative estimate of drug-likeness (QED) is 0.914. The van der Waals surface area contributed by atoms with Gasteiger partial charge in [0, 0.05) is 44.7 Å². The van der Waals surface area contributed by atoms with Crippen LogP contribution in [0, 0.1) is 5.92 Å². The molecule has 1 N–H and O–H groups in total. The van der Waals surface area contributed by atoms with Crippen molar-refractivity contribution >= 4 is 5.91 Å². The maximum Gasteiger partial charge on any atom is 0.222 e. The molecule has 24 heavy (non-hydrogen) atoms. The number of likely N-dealkylation sites (tertiary alicyclic amines) is 2. The van der Waals surface area contributed by atoms with Gasteiger partial charge in [-0.3, -0.25) is 9.69 Å². The molecule has 1 aliphatic carbocycles. The number of carbonyl (C=O) groups excluding carboxylic acids is 1. The van der Waals surface area contributed by atoms with E-state index in [1.54, 1.807) is 11.1 Å². The number of benzene rings is 1. The summed E-state index contributed by atoms with van der Waals surface area (Å²) in [6, 6.07) is 10.1. The van der Waals surface area contributed by atoms with Crippen molar-refractivity contribution in [3.05, 3.63) is 35.4 Å². The summed E-state index contributed by atoms with van der Waals surface area (Å²) in [7, 11) is 1.96. The lowest BCUT2D eigenvalue weighted by molar-refractivity contribution is -0.141. The average Bonchev–Trinajstić information content (AvgIpc) is 3.05. The third-order valence-electron chi connectivity index (χ3n) is 6.32. The highest BCUT2D eigenvalue weighted by molar-refractivity contribution is 5.77. The van der Waals surface area contributed by atoms with Gasteiger partial charge in [0.25, 0.3) is 0 Å². The molecule has 1 amide bonds. The van der Waals surface area contributed by atoms with Crippen LogP contribution >= 0.6 is 0 Å². The predicted molar refractivity (Wildman–Crippen MR) is 96.0 cm³/mol. The molecule has 0 aromatic heterocycles. The van der Waals surface area contributed by atoms with Crippen molar-refractivity contribution in [2.75, 3.05) is 33.2 Å². The molecule has 2 aliphatic heterocycles. The van der Waals surface area contributed by atoms with Crippen molar-refractivity contribution in [2.24, 2.45) is 5.92 Å². The van der Waals surface area contributed by atoms with Gasteiger partial charge >= 0.3 is 0 Å². The summed E-state index contributed by atoms with van der Waals surface area (Å²) in [5.41, 5.74) is 3.08. The second-order valence-electron chi connectivity index (χ2n) is 7.67. The molecule has 3 aliphatic rings. The highest BCUT2D eigenvalue weighted by atomic mass is 16.2.